The highest BCUT2D eigenvalue weighted by Crippen LogP contribution is 2.80. The maximum atomic E-state index is 13.3. The number of benzene rings is 3. The predicted octanol–water partition coefficient (Wildman–Crippen LogP) is 9.17. The average Bonchev–Trinajstić information content (AvgIpc) is 3.05. The molecule has 13 heteroatoms. The quantitative estimate of drug-likeness (QED) is 0.106. The van der Waals surface area contributed by atoms with E-state index < -0.39 is 16.5 Å². The topological polar surface area (TPSA) is 130 Å². The van der Waals surface area contributed by atoms with E-state index in [0.29, 0.717) is 37.1 Å². The lowest BCUT2D eigenvalue weighted by Crippen LogP contribution is -2.19. The molecule has 0 aliphatic rings. The summed E-state index contributed by atoms with van der Waals surface area (Å²) in [5.41, 5.74) is 0. The lowest BCUT2D eigenvalue weighted by atomic mass is 10.3. The van der Waals surface area contributed by atoms with Crippen molar-refractivity contribution in [1.82, 2.24) is 0 Å². The highest BCUT2D eigenvalue weighted by Gasteiger charge is 2.50. The maximum absolute atomic E-state index is 13.3. The van der Waals surface area contributed by atoms with Crippen LogP contribution < -0.4 is 42.6 Å². The van der Waals surface area contributed by atoms with Gasteiger partial charge in [-0.2, -0.15) is 0 Å². The van der Waals surface area contributed by atoms with E-state index in [9.17, 15) is 9.90 Å². The van der Waals surface area contributed by atoms with Crippen molar-refractivity contribution in [3.05, 3.63) is 36.4 Å². The molecule has 0 spiro atoms. The molecular formula is C37H52O12S. The van der Waals surface area contributed by atoms with Crippen molar-refractivity contribution in [3.8, 4) is 51.7 Å². The number of hydrogen-bond acceptors (Lipinski definition) is 11. The fraction of sp³-hybridized carbons (Fsp3) is 0.486. The molecule has 0 aliphatic heterocycles. The van der Waals surface area contributed by atoms with Gasteiger partial charge in [0.05, 0.1) is 59.5 Å². The van der Waals surface area contributed by atoms with E-state index in [-0.39, 0.29) is 88.8 Å². The molecule has 0 bridgehead atoms. The number of rotatable bonds is 22. The maximum Gasteiger partial charge on any atom is 0.517 e. The molecule has 3 aromatic carbocycles. The van der Waals surface area contributed by atoms with Crippen molar-refractivity contribution in [2.24, 2.45) is 0 Å². The van der Waals surface area contributed by atoms with Gasteiger partial charge in [-0.3, -0.25) is 0 Å². The Hall–Kier alpha value is -4.52. The molecule has 0 aromatic heterocycles. The zero-order valence-corrected chi connectivity index (χ0v) is 31.5. The van der Waals surface area contributed by atoms with E-state index in [4.69, 9.17) is 46.8 Å². The van der Waals surface area contributed by atoms with E-state index in [0.717, 1.165) is 0 Å². The van der Waals surface area contributed by atoms with Gasteiger partial charge in [-0.05, 0) is 62.3 Å². The van der Waals surface area contributed by atoms with Crippen molar-refractivity contribution >= 4 is 16.5 Å². The van der Waals surface area contributed by atoms with E-state index in [1.807, 2.05) is 62.3 Å². The van der Waals surface area contributed by atoms with Crippen LogP contribution in [0.15, 0.2) is 51.1 Å². The Morgan fingerprint density at radius 1 is 0.420 bits per heavy atom. The standard InChI is InChI=1S/C37H52O12S/c1-10-40-25-19-28(43-13-4)34(29(20-25)44-14-5)50(49-37(38)39,35-30(45-15-6)21-26(41-11-2)22-31(35)46-16-7)36-32(47-17-8)23-27(42-12-3)24-33(36)48-18-9/h19-24H,10-18H2,1-9H3,(H,38,39). The van der Waals surface area contributed by atoms with Gasteiger partial charge in [0.2, 0.25) is 0 Å². The van der Waals surface area contributed by atoms with Gasteiger partial charge in [-0.15, -0.1) is 0 Å². The first kappa shape index (κ1) is 39.9. The molecule has 1 N–H and O–H groups in total. The summed E-state index contributed by atoms with van der Waals surface area (Å²) in [5, 5.41) is 10.9. The molecule has 0 saturated heterocycles. The molecule has 0 fully saturated rings. The summed E-state index contributed by atoms with van der Waals surface area (Å²) in [4.78, 5) is 14.1. The predicted molar refractivity (Wildman–Crippen MR) is 191 cm³/mol. The Morgan fingerprint density at radius 3 is 0.780 bits per heavy atom. The lowest BCUT2D eigenvalue weighted by molar-refractivity contribution is 0.149. The van der Waals surface area contributed by atoms with Gasteiger partial charge in [0.1, 0.15) is 66.4 Å². The molecule has 0 heterocycles. The summed E-state index contributed by atoms with van der Waals surface area (Å²) in [7, 11) is -3.66. The summed E-state index contributed by atoms with van der Waals surface area (Å²) in [5.74, 6) is 2.92. The second kappa shape index (κ2) is 19.6. The van der Waals surface area contributed by atoms with Crippen LogP contribution in [-0.2, 0) is 4.18 Å². The number of carbonyl (C=O) groups is 1. The third-order valence-corrected chi connectivity index (χ3v) is 10.1. The van der Waals surface area contributed by atoms with Gasteiger partial charge in [0.15, 0.2) is 0 Å². The van der Waals surface area contributed by atoms with Crippen molar-refractivity contribution in [2.45, 2.75) is 77.0 Å². The van der Waals surface area contributed by atoms with Crippen LogP contribution in [0.2, 0.25) is 0 Å². The van der Waals surface area contributed by atoms with Gasteiger partial charge in [-0.1, -0.05) is 0 Å². The van der Waals surface area contributed by atoms with Crippen LogP contribution in [0, 0.1) is 0 Å². The first-order valence-electron chi connectivity index (χ1n) is 17.2. The Kier molecular flexibility index (Phi) is 15.7. The smallest absolute Gasteiger partial charge is 0.494 e. The van der Waals surface area contributed by atoms with E-state index >= 15 is 0 Å². The second-order valence-electron chi connectivity index (χ2n) is 10.0. The van der Waals surface area contributed by atoms with Gasteiger partial charge >= 0.3 is 6.16 Å². The lowest BCUT2D eigenvalue weighted by Gasteiger charge is -2.42. The number of carboxylic acid groups (broad SMARTS) is 1. The highest BCUT2D eigenvalue weighted by atomic mass is 32.3. The molecule has 12 nitrogen and oxygen atoms in total. The fourth-order valence-electron chi connectivity index (χ4n) is 5.37. The van der Waals surface area contributed by atoms with Crippen LogP contribution >= 0.6 is 10.3 Å². The minimum atomic E-state index is -3.66. The molecule has 0 radical (unpaired) electrons. The van der Waals surface area contributed by atoms with Crippen LogP contribution in [-0.4, -0.2) is 70.7 Å². The first-order chi connectivity index (χ1) is 24.2. The summed E-state index contributed by atoms with van der Waals surface area (Å²) < 4.78 is 62.3. The van der Waals surface area contributed by atoms with Crippen LogP contribution in [0.4, 0.5) is 4.79 Å². The minimum absolute atomic E-state index is 0.219. The zero-order valence-electron chi connectivity index (χ0n) is 30.7. The molecule has 0 atom stereocenters. The average molecular weight is 721 g/mol. The van der Waals surface area contributed by atoms with Crippen LogP contribution in [0.25, 0.3) is 0 Å². The van der Waals surface area contributed by atoms with Gasteiger partial charge in [0, 0.05) is 46.7 Å². The molecule has 0 unspecified atom stereocenters. The fourth-order valence-corrected chi connectivity index (χ4v) is 8.86. The molecular weight excluding hydrogens is 668 g/mol. The molecule has 0 amide bonds. The normalized spacial score (nSPS) is 11.3. The molecule has 50 heavy (non-hydrogen) atoms. The van der Waals surface area contributed by atoms with E-state index in [1.54, 1.807) is 36.4 Å². The minimum Gasteiger partial charge on any atom is -0.494 e. The molecule has 3 aromatic rings. The van der Waals surface area contributed by atoms with Crippen molar-refractivity contribution in [2.75, 3.05) is 59.5 Å². The highest BCUT2D eigenvalue weighted by molar-refractivity contribution is 8.30. The van der Waals surface area contributed by atoms with Gasteiger partial charge in [-0.25, -0.2) is 4.79 Å². The van der Waals surface area contributed by atoms with Crippen molar-refractivity contribution in [1.29, 1.82) is 0 Å². The van der Waals surface area contributed by atoms with Crippen molar-refractivity contribution in [3.63, 3.8) is 0 Å². The summed E-state index contributed by atoms with van der Waals surface area (Å²) >= 11 is 0. The molecule has 0 saturated carbocycles. The van der Waals surface area contributed by atoms with E-state index in [1.165, 1.54) is 0 Å². The SMILES string of the molecule is CCOc1cc(OCC)c(S(OC(=O)O)(c2c(OCC)cc(OCC)cc2OCC)c2c(OCC)cc(OCC)cc2OCC)c(OCC)c1. The third kappa shape index (κ3) is 8.98. The zero-order chi connectivity index (χ0) is 36.7. The summed E-state index contributed by atoms with van der Waals surface area (Å²) in [6.07, 6.45) is -1.59. The number of hydrogen-bond donors (Lipinski definition) is 1. The molecule has 0 aliphatic carbocycles. The van der Waals surface area contributed by atoms with Crippen molar-refractivity contribution < 1.29 is 56.7 Å². The van der Waals surface area contributed by atoms with E-state index in [2.05, 4.69) is 0 Å². The third-order valence-electron chi connectivity index (χ3n) is 6.77. The second-order valence-corrected chi connectivity index (χ2v) is 12.6. The monoisotopic (exact) mass is 720 g/mol. The molecule has 278 valence electrons. The van der Waals surface area contributed by atoms with Crippen LogP contribution in [0.5, 0.6) is 51.7 Å². The first-order valence-corrected chi connectivity index (χ1v) is 18.7. The summed E-state index contributed by atoms with van der Waals surface area (Å²) in [6, 6.07) is 10.2. The van der Waals surface area contributed by atoms with Gasteiger partial charge in [0.25, 0.3) is 0 Å². The van der Waals surface area contributed by atoms with Crippen LogP contribution in [0.1, 0.15) is 62.3 Å². The molecule has 3 rings (SSSR count). The Bertz CT molecular complexity index is 1290. The Morgan fingerprint density at radius 2 is 0.620 bits per heavy atom. The summed E-state index contributed by atoms with van der Waals surface area (Å²) in [6.45, 7) is 19.0. The Labute approximate surface area is 297 Å². The Balaban J connectivity index is 2.89. The van der Waals surface area contributed by atoms with Crippen LogP contribution in [0.3, 0.4) is 0 Å². The number of ether oxygens (including phenoxy) is 9. The van der Waals surface area contributed by atoms with Gasteiger partial charge < -0.3 is 51.9 Å². The largest absolute Gasteiger partial charge is 0.517 e.